The molecule has 0 bridgehead atoms. The minimum Gasteiger partial charge on any atom is -0.376 e. The SMILES string of the molecule is CC1CC(CC(=O)N2CCC([C@H]3c4ncc(Br)cc4CCc4cc(Cl)cc(Br)c43)CC2)CC(C)O1. The zero-order valence-electron chi connectivity index (χ0n) is 20.4. The van der Waals surface area contributed by atoms with Crippen molar-refractivity contribution in [3.63, 3.8) is 0 Å². The van der Waals surface area contributed by atoms with Crippen LogP contribution in [0.5, 0.6) is 0 Å². The monoisotopic (exact) mass is 622 g/mol. The van der Waals surface area contributed by atoms with Crippen molar-refractivity contribution >= 4 is 49.4 Å². The zero-order chi connectivity index (χ0) is 24.7. The first kappa shape index (κ1) is 25.7. The van der Waals surface area contributed by atoms with E-state index < -0.39 is 0 Å². The number of aryl methyl sites for hydroxylation is 2. The van der Waals surface area contributed by atoms with E-state index in [1.54, 1.807) is 0 Å². The Hall–Kier alpha value is -0.950. The number of amides is 1. The summed E-state index contributed by atoms with van der Waals surface area (Å²) in [4.78, 5) is 20.2. The number of nitrogens with zero attached hydrogens (tertiary/aromatic N) is 2. The molecule has 188 valence electrons. The van der Waals surface area contributed by atoms with Crippen LogP contribution in [0.4, 0.5) is 0 Å². The van der Waals surface area contributed by atoms with Gasteiger partial charge in [-0.2, -0.15) is 0 Å². The van der Waals surface area contributed by atoms with E-state index in [0.717, 1.165) is 65.6 Å². The molecule has 1 amide bonds. The quantitative estimate of drug-likeness (QED) is 0.359. The summed E-state index contributed by atoms with van der Waals surface area (Å²) < 4.78 is 7.97. The summed E-state index contributed by atoms with van der Waals surface area (Å²) in [5.74, 6) is 1.38. The van der Waals surface area contributed by atoms with Crippen LogP contribution in [0.25, 0.3) is 0 Å². The molecule has 2 saturated heterocycles. The topological polar surface area (TPSA) is 42.4 Å². The fourth-order valence-electron chi connectivity index (χ4n) is 6.60. The number of fused-ring (bicyclic) bond motifs is 2. The first-order valence-corrected chi connectivity index (χ1v) is 14.8. The fourth-order valence-corrected chi connectivity index (χ4v) is 8.10. The molecule has 1 aromatic heterocycles. The molecule has 35 heavy (non-hydrogen) atoms. The molecule has 3 heterocycles. The first-order chi connectivity index (χ1) is 16.8. The second-order valence-electron chi connectivity index (χ2n) is 10.7. The smallest absolute Gasteiger partial charge is 0.222 e. The van der Waals surface area contributed by atoms with Crippen molar-refractivity contribution in [2.24, 2.45) is 11.8 Å². The number of hydrogen-bond donors (Lipinski definition) is 0. The lowest BCUT2D eigenvalue weighted by atomic mass is 9.76. The molecule has 1 aromatic carbocycles. The lowest BCUT2D eigenvalue weighted by Crippen LogP contribution is -2.41. The van der Waals surface area contributed by atoms with Crippen LogP contribution in [0.15, 0.2) is 33.3 Å². The van der Waals surface area contributed by atoms with Crippen molar-refractivity contribution in [2.75, 3.05) is 13.1 Å². The number of aromatic nitrogens is 1. The summed E-state index contributed by atoms with van der Waals surface area (Å²) in [6, 6.07) is 6.38. The van der Waals surface area contributed by atoms with Crippen LogP contribution in [0.2, 0.25) is 5.02 Å². The predicted octanol–water partition coefficient (Wildman–Crippen LogP) is 7.32. The third-order valence-electron chi connectivity index (χ3n) is 8.04. The highest BCUT2D eigenvalue weighted by atomic mass is 79.9. The molecule has 2 fully saturated rings. The first-order valence-electron chi connectivity index (χ1n) is 12.8. The predicted molar refractivity (Wildman–Crippen MR) is 147 cm³/mol. The lowest BCUT2D eigenvalue weighted by molar-refractivity contribution is -0.135. The zero-order valence-corrected chi connectivity index (χ0v) is 24.3. The number of carbonyl (C=O) groups excluding carboxylic acids is 1. The van der Waals surface area contributed by atoms with Gasteiger partial charge in [-0.05, 0) is 115 Å². The standard InChI is InChI=1S/C28H33Br2ClN2O2/c1-16-9-18(10-17(2)35-16)11-25(34)33-7-5-19(6-8-33)27-26-20(13-23(31)14-24(26)30)3-4-21-12-22(29)15-32-28(21)27/h12-19,27H,3-11H2,1-2H3/t16?,17?,18?,27-/m1/s1. The minimum atomic E-state index is 0.205. The molecule has 0 radical (unpaired) electrons. The van der Waals surface area contributed by atoms with Gasteiger partial charge in [0.15, 0.2) is 0 Å². The van der Waals surface area contributed by atoms with Crippen LogP contribution in [0.1, 0.15) is 74.3 Å². The number of pyridine rings is 1. The van der Waals surface area contributed by atoms with Gasteiger partial charge in [0.25, 0.3) is 0 Å². The van der Waals surface area contributed by atoms with Crippen LogP contribution < -0.4 is 0 Å². The minimum absolute atomic E-state index is 0.205. The van der Waals surface area contributed by atoms with Gasteiger partial charge in [-0.15, -0.1) is 0 Å². The van der Waals surface area contributed by atoms with Gasteiger partial charge in [0.1, 0.15) is 0 Å². The summed E-state index contributed by atoms with van der Waals surface area (Å²) in [6.45, 7) is 5.89. The maximum absolute atomic E-state index is 13.2. The van der Waals surface area contributed by atoms with Gasteiger partial charge >= 0.3 is 0 Å². The molecule has 0 N–H and O–H groups in total. The highest BCUT2D eigenvalue weighted by molar-refractivity contribution is 9.10. The Morgan fingerprint density at radius 1 is 1.09 bits per heavy atom. The van der Waals surface area contributed by atoms with Crippen molar-refractivity contribution < 1.29 is 9.53 Å². The summed E-state index contributed by atoms with van der Waals surface area (Å²) in [7, 11) is 0. The van der Waals surface area contributed by atoms with E-state index in [-0.39, 0.29) is 18.1 Å². The summed E-state index contributed by atoms with van der Waals surface area (Å²) >= 11 is 13.9. The second-order valence-corrected chi connectivity index (χ2v) is 12.9. The largest absolute Gasteiger partial charge is 0.376 e. The molecule has 7 heteroatoms. The van der Waals surface area contributed by atoms with E-state index >= 15 is 0 Å². The molecule has 2 aliphatic heterocycles. The van der Waals surface area contributed by atoms with E-state index in [1.165, 1.54) is 22.4 Å². The Balaban J connectivity index is 1.35. The average molecular weight is 625 g/mol. The average Bonchev–Trinajstić information content (AvgIpc) is 2.95. The number of piperidine rings is 1. The summed E-state index contributed by atoms with van der Waals surface area (Å²) in [5.41, 5.74) is 5.14. The van der Waals surface area contributed by atoms with E-state index in [2.05, 4.69) is 62.7 Å². The normalized spacial score (nSPS) is 27.2. The van der Waals surface area contributed by atoms with Crippen LogP contribution >= 0.6 is 43.5 Å². The van der Waals surface area contributed by atoms with Crippen LogP contribution in [-0.2, 0) is 22.4 Å². The Labute approximate surface area is 230 Å². The van der Waals surface area contributed by atoms with Gasteiger partial charge < -0.3 is 9.64 Å². The van der Waals surface area contributed by atoms with Crippen LogP contribution in [0, 0.1) is 11.8 Å². The second kappa shape index (κ2) is 10.8. The van der Waals surface area contributed by atoms with Crippen molar-refractivity contribution in [3.8, 4) is 0 Å². The van der Waals surface area contributed by atoms with Crippen molar-refractivity contribution in [3.05, 3.63) is 60.7 Å². The maximum atomic E-state index is 13.2. The number of benzene rings is 1. The van der Waals surface area contributed by atoms with Crippen molar-refractivity contribution in [1.29, 1.82) is 0 Å². The van der Waals surface area contributed by atoms with Gasteiger partial charge in [-0.25, -0.2) is 0 Å². The summed E-state index contributed by atoms with van der Waals surface area (Å²) in [6.07, 6.45) is 8.93. The fraction of sp³-hybridized carbons (Fsp3) is 0.571. The van der Waals surface area contributed by atoms with E-state index in [9.17, 15) is 4.79 Å². The van der Waals surface area contributed by atoms with Gasteiger partial charge in [-0.1, -0.05) is 27.5 Å². The van der Waals surface area contributed by atoms with Crippen molar-refractivity contribution in [1.82, 2.24) is 9.88 Å². The third-order valence-corrected chi connectivity index (χ3v) is 9.35. The van der Waals surface area contributed by atoms with E-state index in [1.807, 2.05) is 12.3 Å². The number of likely N-dealkylation sites (tertiary alicyclic amines) is 1. The Morgan fingerprint density at radius 2 is 1.77 bits per heavy atom. The highest BCUT2D eigenvalue weighted by Gasteiger charge is 2.37. The van der Waals surface area contributed by atoms with Gasteiger partial charge in [0, 0.05) is 45.6 Å². The molecule has 1 aliphatic carbocycles. The van der Waals surface area contributed by atoms with Crippen molar-refractivity contribution in [2.45, 2.75) is 76.9 Å². The number of hydrogen-bond acceptors (Lipinski definition) is 3. The van der Waals surface area contributed by atoms with E-state index in [0.29, 0.717) is 24.2 Å². The number of carbonyl (C=O) groups is 1. The highest BCUT2D eigenvalue weighted by Crippen LogP contribution is 2.46. The molecule has 0 spiro atoms. The molecule has 0 saturated carbocycles. The van der Waals surface area contributed by atoms with Crippen LogP contribution in [0.3, 0.4) is 0 Å². The Morgan fingerprint density at radius 3 is 2.49 bits per heavy atom. The van der Waals surface area contributed by atoms with Gasteiger partial charge in [0.2, 0.25) is 5.91 Å². The number of halogens is 3. The molecular formula is C28H33Br2ClN2O2. The molecule has 4 nitrogen and oxygen atoms in total. The molecule has 3 atom stereocenters. The van der Waals surface area contributed by atoms with Gasteiger partial charge in [-0.3, -0.25) is 9.78 Å². The molecular weight excluding hydrogens is 592 g/mol. The molecule has 2 unspecified atom stereocenters. The summed E-state index contributed by atoms with van der Waals surface area (Å²) in [5, 5.41) is 0.770. The van der Waals surface area contributed by atoms with Gasteiger partial charge in [0.05, 0.1) is 17.9 Å². The molecule has 2 aromatic rings. The Bertz CT molecular complexity index is 1090. The number of rotatable bonds is 3. The molecule has 5 rings (SSSR count). The molecule has 3 aliphatic rings. The van der Waals surface area contributed by atoms with Crippen LogP contribution in [-0.4, -0.2) is 41.1 Å². The van der Waals surface area contributed by atoms with E-state index in [4.69, 9.17) is 21.3 Å². The number of ether oxygens (including phenoxy) is 1. The third kappa shape index (κ3) is 5.66. The Kier molecular flexibility index (Phi) is 7.93. The maximum Gasteiger partial charge on any atom is 0.222 e. The lowest BCUT2D eigenvalue weighted by Gasteiger charge is -2.38.